The second kappa shape index (κ2) is 8.88. The number of esters is 1. The third-order valence-corrected chi connectivity index (χ3v) is 3.18. The van der Waals surface area contributed by atoms with Gasteiger partial charge in [0.15, 0.2) is 6.04 Å². The van der Waals surface area contributed by atoms with Crippen molar-refractivity contribution in [2.24, 2.45) is 5.41 Å². The maximum Gasteiger partial charge on any atom is 0.331 e. The zero-order valence-corrected chi connectivity index (χ0v) is 15.4. The van der Waals surface area contributed by atoms with Gasteiger partial charge in [-0.05, 0) is 32.6 Å². The van der Waals surface area contributed by atoms with E-state index in [2.05, 4.69) is 20.8 Å². The van der Waals surface area contributed by atoms with Crippen LogP contribution < -0.4 is 0 Å². The van der Waals surface area contributed by atoms with Crippen LogP contribution in [0.3, 0.4) is 0 Å². The Kier molecular flexibility index (Phi) is 8.25. The van der Waals surface area contributed by atoms with Gasteiger partial charge in [-0.3, -0.25) is 4.79 Å². The second-order valence-corrected chi connectivity index (χ2v) is 7.70. The van der Waals surface area contributed by atoms with Crippen LogP contribution in [0.5, 0.6) is 0 Å². The summed E-state index contributed by atoms with van der Waals surface area (Å²) in [6, 6.07) is 1.00. The van der Waals surface area contributed by atoms with Crippen LogP contribution in [-0.2, 0) is 19.1 Å². The van der Waals surface area contributed by atoms with E-state index in [1.54, 1.807) is 0 Å². The van der Waals surface area contributed by atoms with Crippen molar-refractivity contribution in [1.29, 1.82) is 5.26 Å². The number of nitrogens with zero attached hydrogens (tertiary/aromatic N) is 2. The lowest BCUT2D eigenvalue weighted by molar-refractivity contribution is -0.158. The number of rotatable bonds is 7. The van der Waals surface area contributed by atoms with Crippen LogP contribution in [0.25, 0.3) is 0 Å². The molecule has 0 N–H and O–H groups in total. The molecule has 0 aromatic carbocycles. The summed E-state index contributed by atoms with van der Waals surface area (Å²) in [6.45, 7) is 12.2. The molecule has 0 bridgehead atoms. The van der Waals surface area contributed by atoms with Gasteiger partial charge in [0.25, 0.3) is 0 Å². The Morgan fingerprint density at radius 3 is 2.13 bits per heavy atom. The van der Waals surface area contributed by atoms with Crippen molar-refractivity contribution >= 4 is 11.9 Å². The van der Waals surface area contributed by atoms with Crippen molar-refractivity contribution in [3.63, 3.8) is 0 Å². The Bertz CT molecular complexity index is 441. The fraction of sp³-hybridized carbons (Fsp3) is 0.824. The molecule has 23 heavy (non-hydrogen) atoms. The largest absolute Gasteiger partial charge is 0.467 e. The van der Waals surface area contributed by atoms with E-state index in [-0.39, 0.29) is 24.3 Å². The third kappa shape index (κ3) is 9.19. The van der Waals surface area contributed by atoms with Crippen molar-refractivity contribution in [1.82, 2.24) is 4.90 Å². The summed E-state index contributed by atoms with van der Waals surface area (Å²) in [7, 11) is 1.28. The summed E-state index contributed by atoms with van der Waals surface area (Å²) in [6.07, 6.45) is 0.431. The van der Waals surface area contributed by atoms with E-state index in [4.69, 9.17) is 14.7 Å². The summed E-state index contributed by atoms with van der Waals surface area (Å²) in [4.78, 5) is 25.8. The monoisotopic (exact) mass is 326 g/mol. The fourth-order valence-corrected chi connectivity index (χ4v) is 1.83. The summed E-state index contributed by atoms with van der Waals surface area (Å²) in [5.41, 5.74) is -0.447. The van der Waals surface area contributed by atoms with Crippen LogP contribution in [0, 0.1) is 16.7 Å². The number of carbonyl (C=O) groups excluding carboxylic acids is 2. The predicted molar refractivity (Wildman–Crippen MR) is 87.5 cm³/mol. The minimum Gasteiger partial charge on any atom is -0.467 e. The van der Waals surface area contributed by atoms with Crippen LogP contribution in [0.2, 0.25) is 0 Å². The molecule has 0 saturated heterocycles. The van der Waals surface area contributed by atoms with Crippen molar-refractivity contribution in [3.05, 3.63) is 0 Å². The standard InChI is InChI=1S/C17H30N2O4/c1-16(2,3)9-11-19(14(20)8-10-18)13(15(21)22-7)12-23-17(4,5)6/h13H,8-9,11-12H2,1-7H3. The Labute approximate surface area is 139 Å². The second-order valence-electron chi connectivity index (χ2n) is 7.70. The molecule has 0 fully saturated rings. The van der Waals surface area contributed by atoms with Gasteiger partial charge in [0.2, 0.25) is 5.91 Å². The minimum absolute atomic E-state index is 0.00325. The van der Waals surface area contributed by atoms with Gasteiger partial charge in [-0.15, -0.1) is 0 Å². The molecule has 6 heteroatoms. The molecule has 1 unspecified atom stereocenters. The molecule has 0 radical (unpaired) electrons. The lowest BCUT2D eigenvalue weighted by Gasteiger charge is -2.33. The normalized spacial score (nSPS) is 13.1. The highest BCUT2D eigenvalue weighted by atomic mass is 16.5. The van der Waals surface area contributed by atoms with Crippen LogP contribution in [0.4, 0.5) is 0 Å². The van der Waals surface area contributed by atoms with Crippen LogP contribution in [-0.4, -0.2) is 48.7 Å². The summed E-state index contributed by atoms with van der Waals surface area (Å²) >= 11 is 0. The van der Waals surface area contributed by atoms with E-state index >= 15 is 0 Å². The third-order valence-electron chi connectivity index (χ3n) is 3.18. The molecule has 0 aromatic heterocycles. The van der Waals surface area contributed by atoms with Crippen molar-refractivity contribution in [3.8, 4) is 6.07 Å². The molecule has 0 rings (SSSR count). The maximum absolute atomic E-state index is 12.3. The van der Waals surface area contributed by atoms with E-state index in [0.717, 1.165) is 0 Å². The molecule has 0 spiro atoms. The molecule has 0 saturated carbocycles. The molecule has 0 aliphatic carbocycles. The number of hydrogen-bond donors (Lipinski definition) is 0. The highest BCUT2D eigenvalue weighted by Gasteiger charge is 2.32. The number of ether oxygens (including phenoxy) is 2. The predicted octanol–water partition coefficient (Wildman–Crippen LogP) is 2.52. The Balaban J connectivity index is 5.31. The Hall–Kier alpha value is -1.61. The smallest absolute Gasteiger partial charge is 0.331 e. The zero-order valence-electron chi connectivity index (χ0n) is 15.4. The lowest BCUT2D eigenvalue weighted by atomic mass is 9.92. The summed E-state index contributed by atoms with van der Waals surface area (Å²) < 4.78 is 10.5. The molecule has 0 aliphatic heterocycles. The fourth-order valence-electron chi connectivity index (χ4n) is 1.83. The maximum atomic E-state index is 12.3. The quantitative estimate of drug-likeness (QED) is 0.672. The topological polar surface area (TPSA) is 79.6 Å². The number of methoxy groups -OCH3 is 1. The number of hydrogen-bond acceptors (Lipinski definition) is 5. The van der Waals surface area contributed by atoms with Gasteiger partial charge < -0.3 is 14.4 Å². The molecule has 0 aromatic rings. The molecular weight excluding hydrogens is 296 g/mol. The van der Waals surface area contributed by atoms with E-state index in [0.29, 0.717) is 13.0 Å². The van der Waals surface area contributed by atoms with Crippen LogP contribution >= 0.6 is 0 Å². The van der Waals surface area contributed by atoms with Gasteiger partial charge in [0.1, 0.15) is 6.42 Å². The Morgan fingerprint density at radius 1 is 1.17 bits per heavy atom. The van der Waals surface area contributed by atoms with E-state index in [1.807, 2.05) is 26.8 Å². The molecule has 6 nitrogen and oxygen atoms in total. The zero-order chi connectivity index (χ0) is 18.3. The number of carbonyl (C=O) groups is 2. The number of nitriles is 1. The first-order valence-corrected chi connectivity index (χ1v) is 7.79. The van der Waals surface area contributed by atoms with Gasteiger partial charge in [-0.1, -0.05) is 20.8 Å². The molecule has 1 amide bonds. The Morgan fingerprint density at radius 2 is 1.74 bits per heavy atom. The van der Waals surface area contributed by atoms with Crippen molar-refractivity contribution in [2.75, 3.05) is 20.3 Å². The molecule has 0 aliphatic rings. The molecule has 132 valence electrons. The summed E-state index contributed by atoms with van der Waals surface area (Å²) in [5.74, 6) is -0.917. The molecule has 1 atom stereocenters. The first kappa shape index (κ1) is 21.4. The first-order valence-electron chi connectivity index (χ1n) is 7.79. The highest BCUT2D eigenvalue weighted by molar-refractivity contribution is 5.85. The van der Waals surface area contributed by atoms with Gasteiger partial charge in [0, 0.05) is 6.54 Å². The van der Waals surface area contributed by atoms with Crippen LogP contribution in [0.1, 0.15) is 54.4 Å². The van der Waals surface area contributed by atoms with Gasteiger partial charge in [-0.25, -0.2) is 4.79 Å². The van der Waals surface area contributed by atoms with Crippen molar-refractivity contribution < 1.29 is 19.1 Å². The average Bonchev–Trinajstić information content (AvgIpc) is 2.39. The van der Waals surface area contributed by atoms with Gasteiger partial charge in [-0.2, -0.15) is 5.26 Å². The molecular formula is C17H30N2O4. The average molecular weight is 326 g/mol. The first-order chi connectivity index (χ1) is 10.4. The van der Waals surface area contributed by atoms with Crippen molar-refractivity contribution in [2.45, 2.75) is 66.0 Å². The highest BCUT2D eigenvalue weighted by Crippen LogP contribution is 2.21. The number of amides is 1. The minimum atomic E-state index is -0.845. The van der Waals surface area contributed by atoms with Crippen LogP contribution in [0.15, 0.2) is 0 Å². The van der Waals surface area contributed by atoms with E-state index in [1.165, 1.54) is 12.0 Å². The SMILES string of the molecule is COC(=O)C(COC(C)(C)C)N(CCC(C)(C)C)C(=O)CC#N. The van der Waals surface area contributed by atoms with E-state index in [9.17, 15) is 9.59 Å². The molecule has 0 heterocycles. The van der Waals surface area contributed by atoms with E-state index < -0.39 is 17.6 Å². The van der Waals surface area contributed by atoms with Gasteiger partial charge >= 0.3 is 5.97 Å². The van der Waals surface area contributed by atoms with Gasteiger partial charge in [0.05, 0.1) is 25.4 Å². The lowest BCUT2D eigenvalue weighted by Crippen LogP contribution is -2.50. The summed E-state index contributed by atoms with van der Waals surface area (Å²) in [5, 5.41) is 8.81.